The second-order valence-electron chi connectivity index (χ2n) is 7.65. The van der Waals surface area contributed by atoms with Crippen molar-refractivity contribution in [3.63, 3.8) is 0 Å². The Hall–Kier alpha value is -2.62. The smallest absolute Gasteiger partial charge is 0.253 e. The van der Waals surface area contributed by atoms with Crippen LogP contribution in [0.2, 0.25) is 0 Å². The van der Waals surface area contributed by atoms with Crippen LogP contribution in [-0.4, -0.2) is 36.3 Å². The summed E-state index contributed by atoms with van der Waals surface area (Å²) in [5.74, 6) is 0.617. The largest absolute Gasteiger partial charge is 0.338 e. The molecular formula is C23H26N2O2. The van der Waals surface area contributed by atoms with E-state index in [9.17, 15) is 9.59 Å². The Labute approximate surface area is 160 Å². The van der Waals surface area contributed by atoms with E-state index in [1.165, 1.54) is 11.1 Å². The summed E-state index contributed by atoms with van der Waals surface area (Å²) in [7, 11) is 0. The molecule has 2 aromatic carbocycles. The van der Waals surface area contributed by atoms with Gasteiger partial charge in [0.25, 0.3) is 5.91 Å². The zero-order chi connectivity index (χ0) is 18.8. The van der Waals surface area contributed by atoms with Crippen LogP contribution in [0.15, 0.2) is 48.5 Å². The number of rotatable bonds is 3. The van der Waals surface area contributed by atoms with E-state index >= 15 is 0 Å². The van der Waals surface area contributed by atoms with Gasteiger partial charge in [-0.05, 0) is 55.5 Å². The Balaban J connectivity index is 1.52. The minimum Gasteiger partial charge on any atom is -0.338 e. The normalized spacial score (nSPS) is 20.2. The van der Waals surface area contributed by atoms with E-state index in [1.807, 2.05) is 29.2 Å². The lowest BCUT2D eigenvalue weighted by molar-refractivity contribution is -0.117. The number of carbonyl (C=O) groups excluding carboxylic acids is 2. The molecule has 2 heterocycles. The molecule has 2 amide bonds. The summed E-state index contributed by atoms with van der Waals surface area (Å²) in [6.07, 6.45) is 3.63. The van der Waals surface area contributed by atoms with Gasteiger partial charge in [-0.3, -0.25) is 9.59 Å². The van der Waals surface area contributed by atoms with E-state index < -0.39 is 0 Å². The average molecular weight is 362 g/mol. The fraction of sp³-hybridized carbons (Fsp3) is 0.391. The van der Waals surface area contributed by atoms with Gasteiger partial charge in [0.1, 0.15) is 0 Å². The van der Waals surface area contributed by atoms with Crippen LogP contribution in [0.4, 0.5) is 5.69 Å². The molecule has 0 aromatic heterocycles. The number of piperidine rings is 1. The molecule has 2 saturated heterocycles. The number of anilines is 1. The number of aryl methyl sites for hydroxylation is 1. The molecule has 27 heavy (non-hydrogen) atoms. The maximum absolute atomic E-state index is 13.1. The number of hydrogen-bond donors (Lipinski definition) is 0. The lowest BCUT2D eigenvalue weighted by Crippen LogP contribution is -2.39. The molecule has 140 valence electrons. The van der Waals surface area contributed by atoms with Crippen molar-refractivity contribution in [2.45, 2.75) is 38.5 Å². The Morgan fingerprint density at radius 3 is 2.67 bits per heavy atom. The standard InChI is InChI=1S/C23H26N2O2/c1-17-7-2-3-11-21(17)19-9-5-13-24(16-19)23(27)18-8-4-10-20(15-18)25-14-6-12-22(25)26/h2-4,7-8,10-11,15,19H,5-6,9,12-14,16H2,1H3/t19-/m0/s1. The van der Waals surface area contributed by atoms with Crippen molar-refractivity contribution in [3.8, 4) is 0 Å². The van der Waals surface area contributed by atoms with Gasteiger partial charge >= 0.3 is 0 Å². The van der Waals surface area contributed by atoms with Gasteiger partial charge in [-0.25, -0.2) is 0 Å². The van der Waals surface area contributed by atoms with Crippen molar-refractivity contribution < 1.29 is 9.59 Å². The third kappa shape index (κ3) is 3.61. The van der Waals surface area contributed by atoms with Gasteiger partial charge in [-0.2, -0.15) is 0 Å². The van der Waals surface area contributed by atoms with Crippen molar-refractivity contribution in [2.75, 3.05) is 24.5 Å². The second-order valence-corrected chi connectivity index (χ2v) is 7.65. The predicted molar refractivity (Wildman–Crippen MR) is 107 cm³/mol. The average Bonchev–Trinajstić information content (AvgIpc) is 3.14. The molecular weight excluding hydrogens is 336 g/mol. The maximum atomic E-state index is 13.1. The van der Waals surface area contributed by atoms with Crippen LogP contribution in [0.5, 0.6) is 0 Å². The SMILES string of the molecule is Cc1ccccc1[C@H]1CCCN(C(=O)c2cccc(N3CCCC3=O)c2)C1. The minimum atomic E-state index is 0.0711. The van der Waals surface area contributed by atoms with Crippen LogP contribution >= 0.6 is 0 Å². The lowest BCUT2D eigenvalue weighted by atomic mass is 9.88. The van der Waals surface area contributed by atoms with Gasteiger partial charge in [0.2, 0.25) is 5.91 Å². The highest BCUT2D eigenvalue weighted by Gasteiger charge is 2.27. The predicted octanol–water partition coefficient (Wildman–Crippen LogP) is 4.14. The van der Waals surface area contributed by atoms with Crippen molar-refractivity contribution in [1.82, 2.24) is 4.90 Å². The Kier molecular flexibility index (Phi) is 4.97. The molecule has 4 heteroatoms. The summed E-state index contributed by atoms with van der Waals surface area (Å²) < 4.78 is 0. The van der Waals surface area contributed by atoms with Crippen LogP contribution in [0.3, 0.4) is 0 Å². The highest BCUT2D eigenvalue weighted by molar-refractivity contribution is 5.99. The van der Waals surface area contributed by atoms with Crippen molar-refractivity contribution in [3.05, 3.63) is 65.2 Å². The molecule has 4 rings (SSSR count). The Morgan fingerprint density at radius 1 is 1.04 bits per heavy atom. The van der Waals surface area contributed by atoms with Gasteiger partial charge in [0.15, 0.2) is 0 Å². The first-order chi connectivity index (χ1) is 13.1. The molecule has 0 saturated carbocycles. The molecule has 0 radical (unpaired) electrons. The van der Waals surface area contributed by atoms with Crippen molar-refractivity contribution in [1.29, 1.82) is 0 Å². The molecule has 0 aliphatic carbocycles. The number of benzene rings is 2. The van der Waals surface area contributed by atoms with Gasteiger partial charge in [-0.15, -0.1) is 0 Å². The molecule has 4 nitrogen and oxygen atoms in total. The summed E-state index contributed by atoms with van der Waals surface area (Å²) in [6.45, 7) is 4.45. The van der Waals surface area contributed by atoms with Crippen LogP contribution in [0, 0.1) is 6.92 Å². The fourth-order valence-corrected chi connectivity index (χ4v) is 4.37. The van der Waals surface area contributed by atoms with Crippen molar-refractivity contribution >= 4 is 17.5 Å². The first-order valence-electron chi connectivity index (χ1n) is 9.89. The molecule has 0 N–H and O–H groups in total. The summed E-state index contributed by atoms with van der Waals surface area (Å²) in [6, 6.07) is 16.0. The second kappa shape index (κ2) is 7.55. The molecule has 1 atom stereocenters. The van der Waals surface area contributed by atoms with Gasteiger partial charge < -0.3 is 9.80 Å². The van der Waals surface area contributed by atoms with Gasteiger partial charge in [-0.1, -0.05) is 30.3 Å². The molecule has 2 aliphatic rings. The summed E-state index contributed by atoms with van der Waals surface area (Å²) in [5.41, 5.74) is 4.17. The summed E-state index contributed by atoms with van der Waals surface area (Å²) in [5, 5.41) is 0. The van der Waals surface area contributed by atoms with E-state index in [-0.39, 0.29) is 11.8 Å². The summed E-state index contributed by atoms with van der Waals surface area (Å²) >= 11 is 0. The quantitative estimate of drug-likeness (QED) is 0.823. The molecule has 2 fully saturated rings. The third-order valence-electron chi connectivity index (χ3n) is 5.82. The summed E-state index contributed by atoms with van der Waals surface area (Å²) in [4.78, 5) is 28.9. The lowest BCUT2D eigenvalue weighted by Gasteiger charge is -2.34. The van der Waals surface area contributed by atoms with Crippen LogP contribution < -0.4 is 4.90 Å². The van der Waals surface area contributed by atoms with E-state index in [2.05, 4.69) is 31.2 Å². The highest BCUT2D eigenvalue weighted by Crippen LogP contribution is 2.30. The molecule has 2 aromatic rings. The number of likely N-dealkylation sites (tertiary alicyclic amines) is 1. The zero-order valence-electron chi connectivity index (χ0n) is 15.9. The molecule has 2 aliphatic heterocycles. The van der Waals surface area contributed by atoms with Crippen LogP contribution in [0.1, 0.15) is 53.1 Å². The molecule has 0 bridgehead atoms. The van der Waals surface area contributed by atoms with E-state index in [1.54, 1.807) is 4.90 Å². The van der Waals surface area contributed by atoms with Gasteiger partial charge in [0, 0.05) is 43.2 Å². The molecule has 0 unspecified atom stereocenters. The maximum Gasteiger partial charge on any atom is 0.253 e. The number of amides is 2. The first kappa shape index (κ1) is 17.8. The number of hydrogen-bond acceptors (Lipinski definition) is 2. The zero-order valence-corrected chi connectivity index (χ0v) is 15.9. The fourth-order valence-electron chi connectivity index (χ4n) is 4.37. The van der Waals surface area contributed by atoms with Crippen LogP contribution in [0.25, 0.3) is 0 Å². The van der Waals surface area contributed by atoms with Gasteiger partial charge in [0.05, 0.1) is 0 Å². The monoisotopic (exact) mass is 362 g/mol. The molecule has 0 spiro atoms. The third-order valence-corrected chi connectivity index (χ3v) is 5.82. The van der Waals surface area contributed by atoms with E-state index in [0.29, 0.717) is 17.9 Å². The van der Waals surface area contributed by atoms with E-state index in [0.717, 1.165) is 44.6 Å². The highest BCUT2D eigenvalue weighted by atomic mass is 16.2. The van der Waals surface area contributed by atoms with Crippen molar-refractivity contribution in [2.24, 2.45) is 0 Å². The number of nitrogens with zero attached hydrogens (tertiary/aromatic N) is 2. The topological polar surface area (TPSA) is 40.6 Å². The first-order valence-corrected chi connectivity index (χ1v) is 9.89. The van der Waals surface area contributed by atoms with Crippen LogP contribution in [-0.2, 0) is 4.79 Å². The Morgan fingerprint density at radius 2 is 1.89 bits per heavy atom. The Bertz CT molecular complexity index is 861. The number of carbonyl (C=O) groups is 2. The van der Waals surface area contributed by atoms with E-state index in [4.69, 9.17) is 0 Å². The minimum absolute atomic E-state index is 0.0711.